The quantitative estimate of drug-likeness (QED) is 0.811. The Hall–Kier alpha value is -1.16. The first-order valence-corrected chi connectivity index (χ1v) is 6.99. The highest BCUT2D eigenvalue weighted by atomic mass is 15.2. The Morgan fingerprint density at radius 1 is 1.50 bits per heavy atom. The minimum atomic E-state index is 0.775. The van der Waals surface area contributed by atoms with Crippen molar-refractivity contribution in [1.82, 2.24) is 15.3 Å². The molecular weight excluding hydrogens is 224 g/mol. The van der Waals surface area contributed by atoms with E-state index in [0.717, 1.165) is 50.2 Å². The topological polar surface area (TPSA) is 41.1 Å². The fourth-order valence-corrected chi connectivity index (χ4v) is 2.41. The lowest BCUT2D eigenvalue weighted by atomic mass is 10.2. The standard InChI is InChI=1S/C14H24N4/c1-4-6-15-8-13-9-16-12(3)17-14(13)18-7-5-11(2)10-18/h9,11,15H,4-8,10H2,1-3H3. The third-order valence-corrected chi connectivity index (χ3v) is 3.43. The van der Waals surface area contributed by atoms with E-state index in [1.165, 1.54) is 12.0 Å². The van der Waals surface area contributed by atoms with Crippen LogP contribution in [0.1, 0.15) is 38.1 Å². The van der Waals surface area contributed by atoms with Gasteiger partial charge in [0.25, 0.3) is 0 Å². The normalized spacial score (nSPS) is 19.5. The van der Waals surface area contributed by atoms with Crippen LogP contribution >= 0.6 is 0 Å². The molecule has 1 saturated heterocycles. The number of nitrogens with zero attached hydrogens (tertiary/aromatic N) is 3. The molecular formula is C14H24N4. The zero-order valence-corrected chi connectivity index (χ0v) is 11.7. The monoisotopic (exact) mass is 248 g/mol. The molecule has 0 aromatic carbocycles. The maximum Gasteiger partial charge on any atom is 0.136 e. The number of aryl methyl sites for hydroxylation is 1. The van der Waals surface area contributed by atoms with E-state index in [0.29, 0.717) is 0 Å². The molecule has 0 bridgehead atoms. The number of anilines is 1. The average molecular weight is 248 g/mol. The SMILES string of the molecule is CCCNCc1cnc(C)nc1N1CCC(C)C1. The van der Waals surface area contributed by atoms with Crippen molar-refractivity contribution in [2.75, 3.05) is 24.5 Å². The van der Waals surface area contributed by atoms with E-state index in [1.807, 2.05) is 13.1 Å². The van der Waals surface area contributed by atoms with Crippen LogP contribution in [0.5, 0.6) is 0 Å². The molecule has 1 aliphatic rings. The maximum atomic E-state index is 4.64. The molecule has 1 fully saturated rings. The molecule has 4 nitrogen and oxygen atoms in total. The summed E-state index contributed by atoms with van der Waals surface area (Å²) < 4.78 is 0. The Bertz CT molecular complexity index is 391. The number of rotatable bonds is 5. The van der Waals surface area contributed by atoms with E-state index in [1.54, 1.807) is 0 Å². The van der Waals surface area contributed by atoms with Crippen molar-refractivity contribution in [3.8, 4) is 0 Å². The molecule has 1 unspecified atom stereocenters. The highest BCUT2D eigenvalue weighted by Crippen LogP contribution is 2.24. The molecule has 100 valence electrons. The van der Waals surface area contributed by atoms with Crippen LogP contribution < -0.4 is 10.2 Å². The summed E-state index contributed by atoms with van der Waals surface area (Å²) in [6.45, 7) is 10.6. The van der Waals surface area contributed by atoms with Gasteiger partial charge in [-0.05, 0) is 32.2 Å². The second-order valence-electron chi connectivity index (χ2n) is 5.28. The largest absolute Gasteiger partial charge is 0.356 e. The fraction of sp³-hybridized carbons (Fsp3) is 0.714. The molecule has 1 atom stereocenters. The van der Waals surface area contributed by atoms with Crippen molar-refractivity contribution in [2.45, 2.75) is 40.2 Å². The van der Waals surface area contributed by atoms with Crippen LogP contribution in [-0.2, 0) is 6.54 Å². The van der Waals surface area contributed by atoms with Crippen molar-refractivity contribution in [3.05, 3.63) is 17.6 Å². The zero-order chi connectivity index (χ0) is 13.0. The zero-order valence-electron chi connectivity index (χ0n) is 11.7. The predicted octanol–water partition coefficient (Wildman–Crippen LogP) is 2.13. The number of hydrogen-bond acceptors (Lipinski definition) is 4. The van der Waals surface area contributed by atoms with Crippen LogP contribution in [0, 0.1) is 12.8 Å². The van der Waals surface area contributed by atoms with E-state index >= 15 is 0 Å². The Morgan fingerprint density at radius 2 is 2.33 bits per heavy atom. The molecule has 18 heavy (non-hydrogen) atoms. The average Bonchev–Trinajstić information content (AvgIpc) is 2.78. The molecule has 1 N–H and O–H groups in total. The van der Waals surface area contributed by atoms with Crippen LogP contribution in [-0.4, -0.2) is 29.6 Å². The van der Waals surface area contributed by atoms with Crippen molar-refractivity contribution in [3.63, 3.8) is 0 Å². The second-order valence-corrected chi connectivity index (χ2v) is 5.28. The lowest BCUT2D eigenvalue weighted by molar-refractivity contribution is 0.654. The van der Waals surface area contributed by atoms with Crippen molar-refractivity contribution >= 4 is 5.82 Å². The van der Waals surface area contributed by atoms with E-state index in [9.17, 15) is 0 Å². The van der Waals surface area contributed by atoms with Gasteiger partial charge in [-0.15, -0.1) is 0 Å². The van der Waals surface area contributed by atoms with Gasteiger partial charge in [-0.3, -0.25) is 0 Å². The minimum absolute atomic E-state index is 0.775. The van der Waals surface area contributed by atoms with Crippen molar-refractivity contribution in [1.29, 1.82) is 0 Å². The van der Waals surface area contributed by atoms with Crippen LogP contribution in [0.3, 0.4) is 0 Å². The third-order valence-electron chi connectivity index (χ3n) is 3.43. The van der Waals surface area contributed by atoms with Gasteiger partial charge < -0.3 is 10.2 Å². The molecule has 0 saturated carbocycles. The van der Waals surface area contributed by atoms with E-state index < -0.39 is 0 Å². The van der Waals surface area contributed by atoms with Gasteiger partial charge >= 0.3 is 0 Å². The molecule has 1 aromatic rings. The van der Waals surface area contributed by atoms with Gasteiger partial charge in [0, 0.05) is 31.4 Å². The highest BCUT2D eigenvalue weighted by Gasteiger charge is 2.22. The molecule has 2 heterocycles. The maximum absolute atomic E-state index is 4.64. The molecule has 4 heteroatoms. The molecule has 0 radical (unpaired) electrons. The summed E-state index contributed by atoms with van der Waals surface area (Å²) in [5, 5.41) is 3.44. The van der Waals surface area contributed by atoms with Gasteiger partial charge in [-0.25, -0.2) is 9.97 Å². The molecule has 1 aromatic heterocycles. The van der Waals surface area contributed by atoms with Crippen LogP contribution in [0.4, 0.5) is 5.82 Å². The summed E-state index contributed by atoms with van der Waals surface area (Å²) in [5.41, 5.74) is 1.23. The van der Waals surface area contributed by atoms with Gasteiger partial charge in [0.05, 0.1) is 0 Å². The van der Waals surface area contributed by atoms with Crippen molar-refractivity contribution < 1.29 is 0 Å². The summed E-state index contributed by atoms with van der Waals surface area (Å²) in [5.74, 6) is 2.77. The predicted molar refractivity (Wildman–Crippen MR) is 74.8 cm³/mol. The molecule has 2 rings (SSSR count). The van der Waals surface area contributed by atoms with Gasteiger partial charge in [-0.1, -0.05) is 13.8 Å². The molecule has 0 spiro atoms. The fourth-order valence-electron chi connectivity index (χ4n) is 2.41. The number of nitrogens with one attached hydrogen (secondary N) is 1. The van der Waals surface area contributed by atoms with E-state index in [2.05, 4.69) is 34.0 Å². The highest BCUT2D eigenvalue weighted by molar-refractivity contribution is 5.47. The molecule has 0 amide bonds. The second kappa shape index (κ2) is 6.14. The third kappa shape index (κ3) is 3.19. The summed E-state index contributed by atoms with van der Waals surface area (Å²) in [7, 11) is 0. The van der Waals surface area contributed by atoms with Gasteiger partial charge in [0.15, 0.2) is 0 Å². The number of hydrogen-bond donors (Lipinski definition) is 1. The Morgan fingerprint density at radius 3 is 3.00 bits per heavy atom. The van der Waals surface area contributed by atoms with Crippen molar-refractivity contribution in [2.24, 2.45) is 5.92 Å². The van der Waals surface area contributed by atoms with Crippen LogP contribution in [0.15, 0.2) is 6.20 Å². The minimum Gasteiger partial charge on any atom is -0.356 e. The first-order chi connectivity index (χ1) is 8.70. The van der Waals surface area contributed by atoms with E-state index in [4.69, 9.17) is 0 Å². The first-order valence-electron chi connectivity index (χ1n) is 6.99. The Labute approximate surface area is 110 Å². The summed E-state index contributed by atoms with van der Waals surface area (Å²) >= 11 is 0. The lowest BCUT2D eigenvalue weighted by Crippen LogP contribution is -2.24. The number of aromatic nitrogens is 2. The Balaban J connectivity index is 2.13. The summed E-state index contributed by atoms with van der Waals surface area (Å²) in [4.78, 5) is 11.4. The van der Waals surface area contributed by atoms with Crippen LogP contribution in [0.25, 0.3) is 0 Å². The molecule has 1 aliphatic heterocycles. The first kappa shape index (κ1) is 13.3. The molecule has 0 aliphatic carbocycles. The van der Waals surface area contributed by atoms with Crippen LogP contribution in [0.2, 0.25) is 0 Å². The smallest absolute Gasteiger partial charge is 0.136 e. The Kier molecular flexibility index (Phi) is 4.53. The summed E-state index contributed by atoms with van der Waals surface area (Å²) in [6, 6.07) is 0. The van der Waals surface area contributed by atoms with Gasteiger partial charge in [0.1, 0.15) is 11.6 Å². The lowest BCUT2D eigenvalue weighted by Gasteiger charge is -2.20. The van der Waals surface area contributed by atoms with Gasteiger partial charge in [0.2, 0.25) is 0 Å². The van der Waals surface area contributed by atoms with E-state index in [-0.39, 0.29) is 0 Å². The summed E-state index contributed by atoms with van der Waals surface area (Å²) in [6.07, 6.45) is 4.40. The van der Waals surface area contributed by atoms with Gasteiger partial charge in [-0.2, -0.15) is 0 Å².